The summed E-state index contributed by atoms with van der Waals surface area (Å²) in [6, 6.07) is 70.4. The summed E-state index contributed by atoms with van der Waals surface area (Å²) >= 11 is 1.77. The van der Waals surface area contributed by atoms with Crippen LogP contribution in [-0.2, 0) is 5.41 Å². The Bertz CT molecular complexity index is 3000. The molecule has 0 saturated heterocycles. The molecule has 2 heterocycles. The maximum absolute atomic E-state index is 5.56. The number of thiophene rings is 1. The molecule has 0 radical (unpaired) electrons. The van der Waals surface area contributed by atoms with Gasteiger partial charge in [-0.1, -0.05) is 170 Å². The molecule has 0 fully saturated rings. The lowest BCUT2D eigenvalue weighted by Crippen LogP contribution is -2.28. The Morgan fingerprint density at radius 3 is 1.83 bits per heavy atom. The summed E-state index contributed by atoms with van der Waals surface area (Å²) in [7, 11) is 0. The molecule has 0 atom stereocenters. The maximum atomic E-state index is 5.56. The van der Waals surface area contributed by atoms with Gasteiger partial charge in [0.25, 0.3) is 0 Å². The van der Waals surface area contributed by atoms with Crippen molar-refractivity contribution in [1.29, 1.82) is 0 Å². The van der Waals surface area contributed by atoms with Crippen molar-refractivity contribution in [3.8, 4) is 44.9 Å². The summed E-state index contributed by atoms with van der Waals surface area (Å²) in [5, 5.41) is 3.57. The second-order valence-electron chi connectivity index (χ2n) is 14.1. The fourth-order valence-corrected chi connectivity index (χ4v) is 9.93. The van der Waals surface area contributed by atoms with Gasteiger partial charge in [0.05, 0.1) is 21.3 Å². The third-order valence-electron chi connectivity index (χ3n) is 11.2. The highest BCUT2D eigenvalue weighted by molar-refractivity contribution is 7.26. The van der Waals surface area contributed by atoms with E-state index in [-0.39, 0.29) is 0 Å². The molecule has 0 saturated carbocycles. The lowest BCUT2D eigenvalue weighted by atomic mass is 9.67. The van der Waals surface area contributed by atoms with Gasteiger partial charge in [0.15, 0.2) is 5.82 Å². The van der Waals surface area contributed by atoms with Gasteiger partial charge < -0.3 is 0 Å². The standard InChI is InChI=1S/C51H32N2S/c1-4-17-34(18-5-1)41-32-45-42(39-24-12-14-26-44(39)51(45,37-20-6-2-7-21-37)38-22-8-3-9-23-38)31-43(41)50-52-47(36-29-28-33-16-10-11-19-35(33)30-36)49-48(53-50)40-25-13-15-27-46(40)54-49/h1-32H. The largest absolute Gasteiger partial charge is 0.226 e. The topological polar surface area (TPSA) is 25.8 Å². The van der Waals surface area contributed by atoms with Crippen molar-refractivity contribution >= 4 is 42.4 Å². The average molecular weight is 705 g/mol. The highest BCUT2D eigenvalue weighted by Gasteiger charge is 2.46. The molecule has 2 nitrogen and oxygen atoms in total. The molecule has 10 aromatic rings. The van der Waals surface area contributed by atoms with E-state index in [1.54, 1.807) is 11.3 Å². The first-order valence-electron chi connectivity index (χ1n) is 18.4. The fraction of sp³-hybridized carbons (Fsp3) is 0.0196. The Hall–Kier alpha value is -6.68. The van der Waals surface area contributed by atoms with Gasteiger partial charge in [-0.2, -0.15) is 0 Å². The third kappa shape index (κ3) is 4.59. The van der Waals surface area contributed by atoms with E-state index >= 15 is 0 Å². The van der Waals surface area contributed by atoms with E-state index in [9.17, 15) is 0 Å². The zero-order valence-corrected chi connectivity index (χ0v) is 30.1. The molecular formula is C51H32N2S. The van der Waals surface area contributed by atoms with Gasteiger partial charge in [0, 0.05) is 21.2 Å². The molecule has 0 bridgehead atoms. The van der Waals surface area contributed by atoms with E-state index in [0.717, 1.165) is 49.4 Å². The molecule has 11 rings (SSSR count). The van der Waals surface area contributed by atoms with Crippen LogP contribution < -0.4 is 0 Å². The summed E-state index contributed by atoms with van der Waals surface area (Å²) < 4.78 is 2.32. The van der Waals surface area contributed by atoms with Crippen molar-refractivity contribution in [2.24, 2.45) is 0 Å². The van der Waals surface area contributed by atoms with Crippen LogP contribution in [-0.4, -0.2) is 9.97 Å². The highest BCUT2D eigenvalue weighted by Crippen LogP contribution is 2.58. The molecule has 2 aromatic heterocycles. The van der Waals surface area contributed by atoms with Crippen molar-refractivity contribution in [3.63, 3.8) is 0 Å². The molecule has 0 N–H and O–H groups in total. The molecule has 252 valence electrons. The minimum atomic E-state index is -0.513. The monoisotopic (exact) mass is 704 g/mol. The summed E-state index contributed by atoms with van der Waals surface area (Å²) in [4.78, 5) is 11.1. The minimum Gasteiger partial charge on any atom is -0.226 e. The van der Waals surface area contributed by atoms with Gasteiger partial charge in [-0.25, -0.2) is 9.97 Å². The van der Waals surface area contributed by atoms with Crippen LogP contribution in [0.4, 0.5) is 0 Å². The van der Waals surface area contributed by atoms with Crippen molar-refractivity contribution in [2.45, 2.75) is 5.41 Å². The average Bonchev–Trinajstić information content (AvgIpc) is 3.77. The molecule has 3 heteroatoms. The first-order valence-corrected chi connectivity index (χ1v) is 19.2. The Morgan fingerprint density at radius 1 is 0.407 bits per heavy atom. The van der Waals surface area contributed by atoms with Gasteiger partial charge in [0.2, 0.25) is 0 Å². The SMILES string of the molecule is c1ccc(-c2cc3c(cc2-c2nc(-c4ccc5ccccc5c4)c4sc5ccccc5c4n2)-c2ccccc2C3(c2ccccc2)c2ccccc2)cc1. The number of rotatable bonds is 5. The van der Waals surface area contributed by atoms with Gasteiger partial charge >= 0.3 is 0 Å². The van der Waals surface area contributed by atoms with Gasteiger partial charge in [-0.05, 0) is 79.5 Å². The van der Waals surface area contributed by atoms with Crippen LogP contribution >= 0.6 is 11.3 Å². The van der Waals surface area contributed by atoms with Crippen LogP contribution in [0.2, 0.25) is 0 Å². The molecule has 54 heavy (non-hydrogen) atoms. The summed E-state index contributed by atoms with van der Waals surface area (Å²) in [6.07, 6.45) is 0. The van der Waals surface area contributed by atoms with Gasteiger partial charge in [0.1, 0.15) is 0 Å². The molecule has 0 spiro atoms. The number of hydrogen-bond acceptors (Lipinski definition) is 3. The molecule has 0 amide bonds. The Morgan fingerprint density at radius 2 is 1.06 bits per heavy atom. The van der Waals surface area contributed by atoms with E-state index in [1.165, 1.54) is 48.9 Å². The minimum absolute atomic E-state index is 0.513. The van der Waals surface area contributed by atoms with E-state index in [1.807, 2.05) is 0 Å². The molecule has 1 aliphatic rings. The van der Waals surface area contributed by atoms with Crippen LogP contribution in [0.1, 0.15) is 22.3 Å². The van der Waals surface area contributed by atoms with E-state index in [2.05, 4.69) is 194 Å². The maximum Gasteiger partial charge on any atom is 0.161 e. The lowest BCUT2D eigenvalue weighted by Gasteiger charge is -2.34. The first-order chi connectivity index (χ1) is 26.8. The van der Waals surface area contributed by atoms with Crippen molar-refractivity contribution in [1.82, 2.24) is 9.97 Å². The zero-order chi connectivity index (χ0) is 35.6. The van der Waals surface area contributed by atoms with E-state index in [4.69, 9.17) is 9.97 Å². The quantitative estimate of drug-likeness (QED) is 0.178. The van der Waals surface area contributed by atoms with E-state index < -0.39 is 5.41 Å². The second-order valence-corrected chi connectivity index (χ2v) is 15.1. The molecular weight excluding hydrogens is 673 g/mol. The lowest BCUT2D eigenvalue weighted by molar-refractivity contribution is 0.769. The number of nitrogens with zero attached hydrogens (tertiary/aromatic N) is 2. The summed E-state index contributed by atoms with van der Waals surface area (Å²) in [6.45, 7) is 0. The predicted molar refractivity (Wildman–Crippen MR) is 226 cm³/mol. The van der Waals surface area contributed by atoms with Crippen molar-refractivity contribution < 1.29 is 0 Å². The Kier molecular flexibility index (Phi) is 6.98. The third-order valence-corrected chi connectivity index (χ3v) is 12.3. The second kappa shape index (κ2) is 12.2. The number of hydrogen-bond donors (Lipinski definition) is 0. The van der Waals surface area contributed by atoms with Gasteiger partial charge in [-0.15, -0.1) is 11.3 Å². The van der Waals surface area contributed by atoms with Crippen molar-refractivity contribution in [3.05, 3.63) is 216 Å². The van der Waals surface area contributed by atoms with Crippen molar-refractivity contribution in [2.75, 3.05) is 0 Å². The first kappa shape index (κ1) is 30.9. The van der Waals surface area contributed by atoms with E-state index in [0.29, 0.717) is 0 Å². The van der Waals surface area contributed by atoms with Crippen LogP contribution in [0.3, 0.4) is 0 Å². The normalized spacial score (nSPS) is 13.0. The molecule has 8 aromatic carbocycles. The Balaban J connectivity index is 1.26. The smallest absolute Gasteiger partial charge is 0.161 e. The summed E-state index contributed by atoms with van der Waals surface area (Å²) in [5.41, 5.74) is 13.3. The Labute approximate surface area is 317 Å². The van der Waals surface area contributed by atoms with Crippen LogP contribution in [0.25, 0.3) is 76.0 Å². The zero-order valence-electron chi connectivity index (χ0n) is 29.3. The molecule has 1 aliphatic carbocycles. The van der Waals surface area contributed by atoms with Crippen LogP contribution in [0, 0.1) is 0 Å². The van der Waals surface area contributed by atoms with Crippen LogP contribution in [0.5, 0.6) is 0 Å². The highest BCUT2D eigenvalue weighted by atomic mass is 32.1. The molecule has 0 unspecified atom stereocenters. The number of aromatic nitrogens is 2. The summed E-state index contributed by atoms with van der Waals surface area (Å²) in [5.74, 6) is 0.727. The predicted octanol–water partition coefficient (Wildman–Crippen LogP) is 13.4. The van der Waals surface area contributed by atoms with Gasteiger partial charge in [-0.3, -0.25) is 0 Å². The molecule has 0 aliphatic heterocycles. The van der Waals surface area contributed by atoms with Crippen LogP contribution in [0.15, 0.2) is 194 Å². The number of benzene rings is 8. The number of fused-ring (bicyclic) bond motifs is 7. The fourth-order valence-electron chi connectivity index (χ4n) is 8.77.